The summed E-state index contributed by atoms with van der Waals surface area (Å²) >= 11 is 0. The first-order valence-corrected chi connectivity index (χ1v) is 6.24. The van der Waals surface area contributed by atoms with Crippen molar-refractivity contribution < 1.29 is 9.47 Å². The van der Waals surface area contributed by atoms with Gasteiger partial charge < -0.3 is 14.8 Å². The van der Waals surface area contributed by atoms with Crippen molar-refractivity contribution >= 4 is 0 Å². The summed E-state index contributed by atoms with van der Waals surface area (Å²) in [4.78, 5) is 4.52. The first-order chi connectivity index (χ1) is 8.54. The number of hydrogen-bond donors (Lipinski definition) is 1. The summed E-state index contributed by atoms with van der Waals surface area (Å²) in [6, 6.07) is 0.244. The van der Waals surface area contributed by atoms with Gasteiger partial charge in [0.15, 0.2) is 0 Å². The fraction of sp³-hybridized carbons (Fsp3) is 0.643. The summed E-state index contributed by atoms with van der Waals surface area (Å²) in [7, 11) is 5.37. The minimum atomic E-state index is 0.142. The number of methoxy groups -OCH3 is 2. The van der Waals surface area contributed by atoms with Crippen LogP contribution in [0.5, 0.6) is 5.75 Å². The second-order valence-electron chi connectivity index (χ2n) is 4.59. The smallest absolute Gasteiger partial charge is 0.128 e. The van der Waals surface area contributed by atoms with E-state index >= 15 is 0 Å². The van der Waals surface area contributed by atoms with Crippen LogP contribution >= 0.6 is 0 Å². The van der Waals surface area contributed by atoms with Crippen molar-refractivity contribution in [2.24, 2.45) is 0 Å². The Morgan fingerprint density at radius 3 is 2.50 bits per heavy atom. The maximum absolute atomic E-state index is 5.43. The predicted molar refractivity (Wildman–Crippen MR) is 73.3 cm³/mol. The number of aromatic nitrogens is 1. The molecule has 0 aliphatic carbocycles. The van der Waals surface area contributed by atoms with Gasteiger partial charge in [0.05, 0.1) is 13.2 Å². The topological polar surface area (TPSA) is 43.4 Å². The van der Waals surface area contributed by atoms with Crippen LogP contribution in [0.15, 0.2) is 6.20 Å². The van der Waals surface area contributed by atoms with E-state index in [1.54, 1.807) is 14.2 Å². The van der Waals surface area contributed by atoms with Gasteiger partial charge in [0.2, 0.25) is 0 Å². The highest BCUT2D eigenvalue weighted by Crippen LogP contribution is 2.25. The Morgan fingerprint density at radius 1 is 1.33 bits per heavy atom. The van der Waals surface area contributed by atoms with E-state index in [0.29, 0.717) is 0 Å². The van der Waals surface area contributed by atoms with Gasteiger partial charge in [0, 0.05) is 42.6 Å². The predicted octanol–water partition coefficient (Wildman–Crippen LogP) is 1.87. The molecule has 0 radical (unpaired) electrons. The molecular formula is C14H24N2O2. The zero-order valence-corrected chi connectivity index (χ0v) is 12.2. The Labute approximate surface area is 110 Å². The zero-order valence-electron chi connectivity index (χ0n) is 12.2. The maximum atomic E-state index is 5.43. The maximum Gasteiger partial charge on any atom is 0.128 e. The summed E-state index contributed by atoms with van der Waals surface area (Å²) in [6.07, 6.45) is 2.84. The van der Waals surface area contributed by atoms with Crippen molar-refractivity contribution in [2.45, 2.75) is 39.3 Å². The van der Waals surface area contributed by atoms with E-state index in [4.69, 9.17) is 9.47 Å². The molecule has 0 spiro atoms. The third-order valence-corrected chi connectivity index (χ3v) is 3.47. The lowest BCUT2D eigenvalue weighted by Crippen LogP contribution is -2.39. The third-order valence-electron chi connectivity index (χ3n) is 3.47. The zero-order chi connectivity index (χ0) is 13.7. The van der Waals surface area contributed by atoms with E-state index in [1.807, 2.05) is 20.2 Å². The summed E-state index contributed by atoms with van der Waals surface area (Å²) in [5, 5.41) is 3.27. The minimum Gasteiger partial charge on any atom is -0.496 e. The molecule has 102 valence electrons. The monoisotopic (exact) mass is 252 g/mol. The number of hydrogen-bond acceptors (Lipinski definition) is 4. The SMILES string of the molecule is CNC(Cc1ncc(C)c(OC)c1C)C(C)OC. The minimum absolute atomic E-state index is 0.142. The van der Waals surface area contributed by atoms with Crippen LogP contribution < -0.4 is 10.1 Å². The van der Waals surface area contributed by atoms with Crippen molar-refractivity contribution in [1.29, 1.82) is 0 Å². The highest BCUT2D eigenvalue weighted by atomic mass is 16.5. The lowest BCUT2D eigenvalue weighted by Gasteiger charge is -2.23. The van der Waals surface area contributed by atoms with E-state index in [-0.39, 0.29) is 12.1 Å². The molecule has 0 aromatic carbocycles. The van der Waals surface area contributed by atoms with Crippen LogP contribution in [-0.4, -0.2) is 38.4 Å². The van der Waals surface area contributed by atoms with Gasteiger partial charge in [0.25, 0.3) is 0 Å². The van der Waals surface area contributed by atoms with E-state index in [0.717, 1.165) is 29.0 Å². The normalized spacial score (nSPS) is 14.3. The summed E-state index contributed by atoms with van der Waals surface area (Å²) in [5.41, 5.74) is 3.24. The molecule has 0 bridgehead atoms. The fourth-order valence-electron chi connectivity index (χ4n) is 2.15. The molecule has 2 unspecified atom stereocenters. The lowest BCUT2D eigenvalue weighted by atomic mass is 10.0. The molecule has 0 aliphatic rings. The van der Waals surface area contributed by atoms with Gasteiger partial charge in [-0.05, 0) is 27.8 Å². The summed E-state index contributed by atoms with van der Waals surface area (Å²) < 4.78 is 10.8. The molecule has 4 heteroatoms. The van der Waals surface area contributed by atoms with Crippen molar-refractivity contribution in [3.8, 4) is 5.75 Å². The number of rotatable bonds is 6. The van der Waals surface area contributed by atoms with Crippen LogP contribution in [0.25, 0.3) is 0 Å². The standard InChI is InChI=1S/C14H24N2O2/c1-9-8-16-12(10(2)14(9)18-6)7-13(15-4)11(3)17-5/h8,11,13,15H,7H2,1-6H3. The molecule has 1 aromatic rings. The molecule has 0 amide bonds. The Bertz CT molecular complexity index is 394. The van der Waals surface area contributed by atoms with Gasteiger partial charge in [-0.3, -0.25) is 4.98 Å². The Balaban J connectivity index is 2.97. The molecule has 0 fully saturated rings. The lowest BCUT2D eigenvalue weighted by molar-refractivity contribution is 0.0853. The van der Waals surface area contributed by atoms with E-state index in [2.05, 4.69) is 24.1 Å². The number of aryl methyl sites for hydroxylation is 1. The van der Waals surface area contributed by atoms with Gasteiger partial charge >= 0.3 is 0 Å². The fourth-order valence-corrected chi connectivity index (χ4v) is 2.15. The van der Waals surface area contributed by atoms with E-state index < -0.39 is 0 Å². The van der Waals surface area contributed by atoms with Gasteiger partial charge in [-0.15, -0.1) is 0 Å². The van der Waals surface area contributed by atoms with E-state index in [9.17, 15) is 0 Å². The summed E-state index contributed by atoms with van der Waals surface area (Å²) in [5.74, 6) is 0.930. The molecule has 1 aromatic heterocycles. The van der Waals surface area contributed by atoms with Crippen LogP contribution in [0.1, 0.15) is 23.7 Å². The van der Waals surface area contributed by atoms with Gasteiger partial charge in [-0.25, -0.2) is 0 Å². The molecule has 0 saturated carbocycles. The van der Waals surface area contributed by atoms with Crippen molar-refractivity contribution in [3.05, 3.63) is 23.0 Å². The first kappa shape index (κ1) is 14.9. The van der Waals surface area contributed by atoms with Gasteiger partial charge in [-0.2, -0.15) is 0 Å². The van der Waals surface area contributed by atoms with Crippen LogP contribution in [0, 0.1) is 13.8 Å². The molecular weight excluding hydrogens is 228 g/mol. The number of ether oxygens (including phenoxy) is 2. The quantitative estimate of drug-likeness (QED) is 0.839. The van der Waals surface area contributed by atoms with Gasteiger partial charge in [-0.1, -0.05) is 0 Å². The Hall–Kier alpha value is -1.13. The Morgan fingerprint density at radius 2 is 2.00 bits per heavy atom. The Kier molecular flexibility index (Phi) is 5.56. The molecule has 4 nitrogen and oxygen atoms in total. The molecule has 2 atom stereocenters. The van der Waals surface area contributed by atoms with Crippen molar-refractivity contribution in [3.63, 3.8) is 0 Å². The molecule has 1 heterocycles. The van der Waals surface area contributed by atoms with E-state index in [1.165, 1.54) is 0 Å². The van der Waals surface area contributed by atoms with Crippen LogP contribution in [0.2, 0.25) is 0 Å². The average Bonchev–Trinajstić information content (AvgIpc) is 2.38. The molecule has 1 rings (SSSR count). The van der Waals surface area contributed by atoms with Crippen molar-refractivity contribution in [2.75, 3.05) is 21.3 Å². The molecule has 0 aliphatic heterocycles. The van der Waals surface area contributed by atoms with Crippen LogP contribution in [-0.2, 0) is 11.2 Å². The molecule has 0 saturated heterocycles. The van der Waals surface area contributed by atoms with Gasteiger partial charge in [0.1, 0.15) is 5.75 Å². The molecule has 18 heavy (non-hydrogen) atoms. The highest BCUT2D eigenvalue weighted by Gasteiger charge is 2.18. The number of nitrogens with one attached hydrogen (secondary N) is 1. The summed E-state index contributed by atoms with van der Waals surface area (Å²) in [6.45, 7) is 6.12. The third kappa shape index (κ3) is 3.21. The first-order valence-electron chi connectivity index (χ1n) is 6.24. The number of nitrogens with zero attached hydrogens (tertiary/aromatic N) is 1. The molecule has 1 N–H and O–H groups in total. The highest BCUT2D eigenvalue weighted by molar-refractivity contribution is 5.41. The largest absolute Gasteiger partial charge is 0.496 e. The second-order valence-corrected chi connectivity index (χ2v) is 4.59. The number of likely N-dealkylation sites (N-methyl/N-ethyl adjacent to an activating group) is 1. The van der Waals surface area contributed by atoms with Crippen LogP contribution in [0.4, 0.5) is 0 Å². The average molecular weight is 252 g/mol. The second kappa shape index (κ2) is 6.71. The van der Waals surface area contributed by atoms with Crippen LogP contribution in [0.3, 0.4) is 0 Å². The number of pyridine rings is 1. The van der Waals surface area contributed by atoms with Crippen molar-refractivity contribution in [1.82, 2.24) is 10.3 Å².